The second kappa shape index (κ2) is 9.28. The monoisotopic (exact) mass is 389 g/mol. The molecule has 3 rings (SSSR count). The summed E-state index contributed by atoms with van der Waals surface area (Å²) in [4.78, 5) is 26.9. The van der Waals surface area contributed by atoms with Gasteiger partial charge in [0.05, 0.1) is 6.54 Å². The van der Waals surface area contributed by atoms with Gasteiger partial charge in [-0.3, -0.25) is 9.59 Å². The number of likely N-dealkylation sites (N-methyl/N-ethyl adjacent to an activating group) is 1. The Hall–Kier alpha value is -2.28. The SMILES string of the molecule is CCN(CC(=O)Nc1ccc2c(c1)OCCO2)C(=O)CC1(CN)CCCCC1. The molecule has 7 heteroatoms. The van der Waals surface area contributed by atoms with Gasteiger partial charge in [0.1, 0.15) is 13.2 Å². The number of nitrogens with one attached hydrogen (secondary N) is 1. The van der Waals surface area contributed by atoms with Crippen molar-refractivity contribution in [1.82, 2.24) is 4.90 Å². The fourth-order valence-corrected chi connectivity index (χ4v) is 4.06. The van der Waals surface area contributed by atoms with E-state index < -0.39 is 0 Å². The summed E-state index contributed by atoms with van der Waals surface area (Å²) < 4.78 is 11.0. The predicted octanol–water partition coefficient (Wildman–Crippen LogP) is 2.54. The van der Waals surface area contributed by atoms with Crippen molar-refractivity contribution in [2.45, 2.75) is 45.4 Å². The molecule has 1 saturated carbocycles. The molecule has 2 amide bonds. The van der Waals surface area contributed by atoms with Crippen LogP contribution in [0.1, 0.15) is 45.4 Å². The van der Waals surface area contributed by atoms with Crippen LogP contribution in [0.5, 0.6) is 11.5 Å². The summed E-state index contributed by atoms with van der Waals surface area (Å²) in [5, 5.41) is 2.85. The number of anilines is 1. The fourth-order valence-electron chi connectivity index (χ4n) is 4.06. The first-order chi connectivity index (χ1) is 13.5. The molecule has 1 aliphatic carbocycles. The number of carbonyl (C=O) groups is 2. The van der Waals surface area contributed by atoms with Gasteiger partial charge < -0.3 is 25.4 Å². The second-order valence-electron chi connectivity index (χ2n) is 7.76. The maximum atomic E-state index is 12.8. The standard InChI is InChI=1S/C21H31N3O4/c1-2-24(20(26)13-21(15-22)8-4-3-5-9-21)14-19(25)23-16-6-7-17-18(12-16)28-11-10-27-17/h6-7,12H,2-5,8-11,13-15,22H2,1H3,(H,23,25). The maximum Gasteiger partial charge on any atom is 0.243 e. The lowest BCUT2D eigenvalue weighted by Crippen LogP contribution is -2.43. The van der Waals surface area contributed by atoms with Crippen LogP contribution in [-0.4, -0.2) is 49.6 Å². The summed E-state index contributed by atoms with van der Waals surface area (Å²) in [6.07, 6.45) is 5.88. The van der Waals surface area contributed by atoms with Gasteiger partial charge >= 0.3 is 0 Å². The zero-order valence-electron chi connectivity index (χ0n) is 16.7. The van der Waals surface area contributed by atoms with Crippen LogP contribution in [0, 0.1) is 5.41 Å². The number of nitrogens with two attached hydrogens (primary N) is 1. The second-order valence-corrected chi connectivity index (χ2v) is 7.76. The van der Waals surface area contributed by atoms with Crippen molar-refractivity contribution in [3.63, 3.8) is 0 Å². The topological polar surface area (TPSA) is 93.9 Å². The molecule has 0 atom stereocenters. The van der Waals surface area contributed by atoms with E-state index in [4.69, 9.17) is 15.2 Å². The number of hydrogen-bond donors (Lipinski definition) is 2. The summed E-state index contributed by atoms with van der Waals surface area (Å²) in [6.45, 7) is 3.96. The Bertz CT molecular complexity index is 701. The molecule has 1 heterocycles. The van der Waals surface area contributed by atoms with Crippen LogP contribution in [0.3, 0.4) is 0 Å². The lowest BCUT2D eigenvalue weighted by atomic mass is 9.71. The highest BCUT2D eigenvalue weighted by molar-refractivity contribution is 5.94. The van der Waals surface area contributed by atoms with Crippen molar-refractivity contribution >= 4 is 17.5 Å². The number of ether oxygens (including phenoxy) is 2. The van der Waals surface area contributed by atoms with Crippen molar-refractivity contribution in [3.8, 4) is 11.5 Å². The minimum absolute atomic E-state index is 0.00664. The van der Waals surface area contributed by atoms with Gasteiger partial charge in [-0.1, -0.05) is 19.3 Å². The average Bonchev–Trinajstić information content (AvgIpc) is 2.72. The Kier molecular flexibility index (Phi) is 6.78. The Morgan fingerprint density at radius 3 is 2.54 bits per heavy atom. The van der Waals surface area contributed by atoms with E-state index in [2.05, 4.69) is 5.32 Å². The van der Waals surface area contributed by atoms with Gasteiger partial charge in [-0.05, 0) is 43.9 Å². The molecule has 154 valence electrons. The van der Waals surface area contributed by atoms with Gasteiger partial charge in [0.15, 0.2) is 11.5 Å². The lowest BCUT2D eigenvalue weighted by Gasteiger charge is -2.37. The van der Waals surface area contributed by atoms with Gasteiger partial charge in [-0.25, -0.2) is 0 Å². The summed E-state index contributed by atoms with van der Waals surface area (Å²) in [5.41, 5.74) is 6.54. The molecule has 0 aromatic heterocycles. The minimum Gasteiger partial charge on any atom is -0.486 e. The van der Waals surface area contributed by atoms with E-state index in [9.17, 15) is 9.59 Å². The van der Waals surface area contributed by atoms with Crippen LogP contribution in [-0.2, 0) is 9.59 Å². The zero-order valence-corrected chi connectivity index (χ0v) is 16.7. The fraction of sp³-hybridized carbons (Fsp3) is 0.619. The molecule has 3 N–H and O–H groups in total. The molecule has 28 heavy (non-hydrogen) atoms. The number of benzene rings is 1. The summed E-state index contributed by atoms with van der Waals surface area (Å²) in [7, 11) is 0. The summed E-state index contributed by atoms with van der Waals surface area (Å²) >= 11 is 0. The first-order valence-electron chi connectivity index (χ1n) is 10.2. The minimum atomic E-state index is -0.225. The molecule has 0 unspecified atom stereocenters. The van der Waals surface area contributed by atoms with Crippen LogP contribution in [0.15, 0.2) is 18.2 Å². The first-order valence-corrected chi connectivity index (χ1v) is 10.2. The Labute approximate surface area is 166 Å². The average molecular weight is 389 g/mol. The summed E-state index contributed by atoms with van der Waals surface area (Å²) in [5.74, 6) is 1.08. The molecule has 2 aliphatic rings. The third-order valence-corrected chi connectivity index (χ3v) is 5.77. The Balaban J connectivity index is 1.57. The van der Waals surface area contributed by atoms with Gasteiger partial charge in [0, 0.05) is 24.7 Å². The van der Waals surface area contributed by atoms with Crippen LogP contribution < -0.4 is 20.5 Å². The van der Waals surface area contributed by atoms with E-state index in [1.807, 2.05) is 6.92 Å². The molecule has 0 saturated heterocycles. The van der Waals surface area contributed by atoms with Crippen LogP contribution in [0.2, 0.25) is 0 Å². The highest BCUT2D eigenvalue weighted by Gasteiger charge is 2.34. The smallest absolute Gasteiger partial charge is 0.243 e. The number of fused-ring (bicyclic) bond motifs is 1. The molecule has 0 bridgehead atoms. The van der Waals surface area contributed by atoms with Crippen molar-refractivity contribution in [2.75, 3.05) is 38.2 Å². The third-order valence-electron chi connectivity index (χ3n) is 5.77. The van der Waals surface area contributed by atoms with Crippen LogP contribution >= 0.6 is 0 Å². The molecule has 0 spiro atoms. The zero-order chi connectivity index (χ0) is 20.0. The van der Waals surface area contributed by atoms with Crippen LogP contribution in [0.4, 0.5) is 5.69 Å². The normalized spacial score (nSPS) is 17.6. The molecular weight excluding hydrogens is 358 g/mol. The van der Waals surface area contributed by atoms with Gasteiger partial charge in [0.2, 0.25) is 11.8 Å². The molecule has 1 aliphatic heterocycles. The number of carbonyl (C=O) groups excluding carboxylic acids is 2. The quantitative estimate of drug-likeness (QED) is 0.747. The number of rotatable bonds is 7. The van der Waals surface area contributed by atoms with Crippen molar-refractivity contribution in [2.24, 2.45) is 11.1 Å². The summed E-state index contributed by atoms with van der Waals surface area (Å²) in [6, 6.07) is 5.30. The van der Waals surface area contributed by atoms with Crippen molar-refractivity contribution in [1.29, 1.82) is 0 Å². The van der Waals surface area contributed by atoms with Crippen LogP contribution in [0.25, 0.3) is 0 Å². The first kappa shape index (κ1) is 20.5. The number of amides is 2. The molecule has 0 radical (unpaired) electrons. The largest absolute Gasteiger partial charge is 0.486 e. The number of nitrogens with zero attached hydrogens (tertiary/aromatic N) is 1. The van der Waals surface area contributed by atoms with E-state index >= 15 is 0 Å². The van der Waals surface area contributed by atoms with Crippen molar-refractivity contribution < 1.29 is 19.1 Å². The maximum absolute atomic E-state index is 12.8. The van der Waals surface area contributed by atoms with E-state index in [-0.39, 0.29) is 23.8 Å². The van der Waals surface area contributed by atoms with E-state index in [0.717, 1.165) is 25.7 Å². The molecule has 1 aromatic carbocycles. The Morgan fingerprint density at radius 2 is 1.86 bits per heavy atom. The molecule has 1 aromatic rings. The molecule has 7 nitrogen and oxygen atoms in total. The highest BCUT2D eigenvalue weighted by atomic mass is 16.6. The van der Waals surface area contributed by atoms with Crippen molar-refractivity contribution in [3.05, 3.63) is 18.2 Å². The van der Waals surface area contributed by atoms with Gasteiger partial charge in [-0.15, -0.1) is 0 Å². The van der Waals surface area contributed by atoms with E-state index in [1.165, 1.54) is 6.42 Å². The third kappa shape index (κ3) is 4.95. The van der Waals surface area contributed by atoms with Gasteiger partial charge in [-0.2, -0.15) is 0 Å². The van der Waals surface area contributed by atoms with E-state index in [0.29, 0.717) is 49.9 Å². The number of hydrogen-bond acceptors (Lipinski definition) is 5. The lowest BCUT2D eigenvalue weighted by molar-refractivity contribution is -0.137. The highest BCUT2D eigenvalue weighted by Crippen LogP contribution is 2.38. The molecular formula is C21H31N3O4. The van der Waals surface area contributed by atoms with E-state index in [1.54, 1.807) is 23.1 Å². The molecule has 1 fully saturated rings. The predicted molar refractivity (Wildman–Crippen MR) is 108 cm³/mol. The van der Waals surface area contributed by atoms with Gasteiger partial charge in [0.25, 0.3) is 0 Å². The Morgan fingerprint density at radius 1 is 1.14 bits per heavy atom.